The van der Waals surface area contributed by atoms with Gasteiger partial charge in [0.1, 0.15) is 11.5 Å². The summed E-state index contributed by atoms with van der Waals surface area (Å²) in [5, 5.41) is 29.9. The Labute approximate surface area is 116 Å². The van der Waals surface area contributed by atoms with E-state index in [1.54, 1.807) is 0 Å². The van der Waals surface area contributed by atoms with Crippen molar-refractivity contribution in [3.05, 3.63) is 12.1 Å². The normalized spacial score (nSPS) is 10.2. The lowest BCUT2D eigenvalue weighted by atomic mass is 10.2. The fourth-order valence-corrected chi connectivity index (χ4v) is 1.61. The zero-order valence-corrected chi connectivity index (χ0v) is 11.2. The maximum absolute atomic E-state index is 11.9. The highest BCUT2D eigenvalue weighted by Gasteiger charge is 2.15. The van der Waals surface area contributed by atoms with Gasteiger partial charge in [0.25, 0.3) is 0 Å². The zero-order chi connectivity index (χ0) is 15.1. The van der Waals surface area contributed by atoms with Crippen LogP contribution in [0.1, 0.15) is 0 Å². The number of hydrogen-bond donors (Lipinski definition) is 5. The Hall–Kier alpha value is -2.19. The first-order valence-electron chi connectivity index (χ1n) is 5.97. The number of rotatable bonds is 6. The quantitative estimate of drug-likeness (QED) is 0.364. The van der Waals surface area contributed by atoms with Crippen LogP contribution in [-0.2, 0) is 0 Å². The van der Waals surface area contributed by atoms with Crippen molar-refractivity contribution in [1.82, 2.24) is 4.90 Å². The van der Waals surface area contributed by atoms with E-state index in [0.29, 0.717) is 5.75 Å². The number of carbonyl (C=O) groups excluding carboxylic acids is 1. The number of aromatic hydroxyl groups is 1. The molecule has 2 amide bonds. The Morgan fingerprint density at radius 3 is 2.45 bits per heavy atom. The maximum Gasteiger partial charge on any atom is 0.322 e. The number of phenols is 1. The van der Waals surface area contributed by atoms with Crippen molar-refractivity contribution >= 4 is 17.4 Å². The van der Waals surface area contributed by atoms with E-state index in [4.69, 9.17) is 20.7 Å². The van der Waals surface area contributed by atoms with Gasteiger partial charge in [-0.3, -0.25) is 0 Å². The number of nitrogens with two attached hydrogens (primary N) is 1. The van der Waals surface area contributed by atoms with Crippen molar-refractivity contribution in [3.63, 3.8) is 0 Å². The van der Waals surface area contributed by atoms with Gasteiger partial charge < -0.3 is 36.0 Å². The molecule has 0 fully saturated rings. The molecule has 0 heterocycles. The summed E-state index contributed by atoms with van der Waals surface area (Å²) < 4.78 is 5.00. The first-order chi connectivity index (χ1) is 9.53. The smallest absolute Gasteiger partial charge is 0.322 e. The van der Waals surface area contributed by atoms with Crippen molar-refractivity contribution in [3.8, 4) is 11.5 Å². The molecule has 0 saturated carbocycles. The molecule has 0 spiro atoms. The van der Waals surface area contributed by atoms with Crippen LogP contribution in [0.5, 0.6) is 11.5 Å². The van der Waals surface area contributed by atoms with Crippen LogP contribution in [0.4, 0.5) is 16.2 Å². The van der Waals surface area contributed by atoms with Crippen LogP contribution in [0.25, 0.3) is 0 Å². The molecule has 0 unspecified atom stereocenters. The van der Waals surface area contributed by atoms with Crippen LogP contribution >= 0.6 is 0 Å². The summed E-state index contributed by atoms with van der Waals surface area (Å²) in [6, 6.07) is 2.09. The number of phenolic OH excluding ortho intramolecular Hbond substituents is 1. The van der Waals surface area contributed by atoms with E-state index < -0.39 is 6.03 Å². The Bertz CT molecular complexity index is 461. The fraction of sp³-hybridized carbons (Fsp3) is 0.417. The lowest BCUT2D eigenvalue weighted by Crippen LogP contribution is -2.38. The molecule has 0 aliphatic carbocycles. The third kappa shape index (κ3) is 3.90. The van der Waals surface area contributed by atoms with E-state index in [2.05, 4.69) is 5.32 Å². The van der Waals surface area contributed by atoms with E-state index >= 15 is 0 Å². The number of urea groups is 1. The minimum atomic E-state index is -0.560. The van der Waals surface area contributed by atoms with E-state index in [9.17, 15) is 9.90 Å². The molecule has 0 aliphatic rings. The average Bonchev–Trinajstić information content (AvgIpc) is 2.41. The molecule has 1 rings (SSSR count). The van der Waals surface area contributed by atoms with Gasteiger partial charge in [0, 0.05) is 25.2 Å². The summed E-state index contributed by atoms with van der Waals surface area (Å²) >= 11 is 0. The summed E-state index contributed by atoms with van der Waals surface area (Å²) in [6.45, 7) is -0.326. The monoisotopic (exact) mass is 285 g/mol. The molecule has 0 aromatic heterocycles. The van der Waals surface area contributed by atoms with Gasteiger partial charge in [-0.2, -0.15) is 0 Å². The van der Waals surface area contributed by atoms with Gasteiger partial charge in [-0.15, -0.1) is 0 Å². The number of ether oxygens (including phenoxy) is 1. The Balaban J connectivity index is 2.88. The molecule has 0 atom stereocenters. The van der Waals surface area contributed by atoms with Gasteiger partial charge in [0.2, 0.25) is 0 Å². The number of methoxy groups -OCH3 is 1. The van der Waals surface area contributed by atoms with E-state index in [1.807, 2.05) is 0 Å². The molecule has 0 bridgehead atoms. The summed E-state index contributed by atoms with van der Waals surface area (Å²) in [4.78, 5) is 13.1. The third-order valence-electron chi connectivity index (χ3n) is 2.62. The Morgan fingerprint density at radius 2 is 1.95 bits per heavy atom. The molecule has 1 aromatic carbocycles. The highest BCUT2D eigenvalue weighted by molar-refractivity contribution is 5.92. The number of nitrogens with zero attached hydrogens (tertiary/aromatic N) is 1. The summed E-state index contributed by atoms with van der Waals surface area (Å²) in [5.74, 6) is 0.110. The van der Waals surface area contributed by atoms with Crippen molar-refractivity contribution in [2.24, 2.45) is 0 Å². The minimum absolute atomic E-state index is 0.0687. The second-order valence-corrected chi connectivity index (χ2v) is 3.98. The molecule has 1 aromatic rings. The molecular weight excluding hydrogens is 266 g/mol. The summed E-state index contributed by atoms with van der Waals surface area (Å²) in [5.41, 5.74) is 5.98. The first-order valence-corrected chi connectivity index (χ1v) is 5.97. The number of hydrogen-bond acceptors (Lipinski definition) is 6. The number of carbonyl (C=O) groups is 1. The van der Waals surface area contributed by atoms with Crippen molar-refractivity contribution in [2.75, 3.05) is 44.5 Å². The summed E-state index contributed by atoms with van der Waals surface area (Å²) in [7, 11) is 1.41. The minimum Gasteiger partial charge on any atom is -0.506 e. The zero-order valence-electron chi connectivity index (χ0n) is 11.2. The lowest BCUT2D eigenvalue weighted by Gasteiger charge is -2.21. The molecule has 8 nitrogen and oxygen atoms in total. The summed E-state index contributed by atoms with van der Waals surface area (Å²) in [6.07, 6.45) is 0. The largest absolute Gasteiger partial charge is 0.506 e. The van der Waals surface area contributed by atoms with E-state index in [0.717, 1.165) is 0 Å². The average molecular weight is 285 g/mol. The second kappa shape index (κ2) is 7.41. The van der Waals surface area contributed by atoms with Crippen molar-refractivity contribution in [2.45, 2.75) is 0 Å². The molecule has 112 valence electrons. The van der Waals surface area contributed by atoms with E-state index in [1.165, 1.54) is 24.1 Å². The highest BCUT2D eigenvalue weighted by Crippen LogP contribution is 2.33. The van der Waals surface area contributed by atoms with Gasteiger partial charge in [-0.25, -0.2) is 4.79 Å². The van der Waals surface area contributed by atoms with Gasteiger partial charge in [-0.1, -0.05) is 0 Å². The number of aliphatic hydroxyl groups excluding tert-OH is 2. The Morgan fingerprint density at radius 1 is 1.35 bits per heavy atom. The first kappa shape index (κ1) is 15.9. The van der Waals surface area contributed by atoms with Gasteiger partial charge in [-0.05, 0) is 0 Å². The van der Waals surface area contributed by atoms with Crippen molar-refractivity contribution in [1.29, 1.82) is 0 Å². The molecule has 20 heavy (non-hydrogen) atoms. The highest BCUT2D eigenvalue weighted by atomic mass is 16.5. The molecule has 6 N–H and O–H groups in total. The molecular formula is C12H19N3O5. The SMILES string of the molecule is COc1cc(NC(=O)N(CCO)CCO)c(O)cc1N. The third-order valence-corrected chi connectivity index (χ3v) is 2.62. The van der Waals surface area contributed by atoms with Crippen molar-refractivity contribution < 1.29 is 24.9 Å². The molecule has 0 saturated heterocycles. The van der Waals surface area contributed by atoms with Gasteiger partial charge in [0.15, 0.2) is 0 Å². The number of amides is 2. The van der Waals surface area contributed by atoms with Crippen LogP contribution in [0.3, 0.4) is 0 Å². The van der Waals surface area contributed by atoms with Crippen LogP contribution in [-0.4, -0.2) is 59.7 Å². The topological polar surface area (TPSA) is 128 Å². The Kier molecular flexibility index (Phi) is 5.88. The number of nitrogen functional groups attached to an aromatic ring is 1. The number of aliphatic hydroxyl groups is 2. The lowest BCUT2D eigenvalue weighted by molar-refractivity contribution is 0.167. The van der Waals surface area contributed by atoms with E-state index in [-0.39, 0.29) is 43.4 Å². The van der Waals surface area contributed by atoms with Crippen LogP contribution < -0.4 is 15.8 Å². The maximum atomic E-state index is 11.9. The molecule has 0 aliphatic heterocycles. The predicted molar refractivity (Wildman–Crippen MR) is 73.8 cm³/mol. The fourth-order valence-electron chi connectivity index (χ4n) is 1.61. The standard InChI is InChI=1S/C12H19N3O5/c1-20-11-7-9(10(18)6-8(11)13)14-12(19)15(2-4-16)3-5-17/h6-7,16-18H,2-5,13H2,1H3,(H,14,19). The van der Waals surface area contributed by atoms with Crippen LogP contribution in [0.15, 0.2) is 12.1 Å². The number of nitrogens with one attached hydrogen (secondary N) is 1. The number of benzene rings is 1. The predicted octanol–water partition coefficient (Wildman–Crippen LogP) is -0.199. The molecule has 8 heteroatoms. The van der Waals surface area contributed by atoms with Gasteiger partial charge in [0.05, 0.1) is 31.7 Å². The van der Waals surface area contributed by atoms with Crippen LogP contribution in [0.2, 0.25) is 0 Å². The van der Waals surface area contributed by atoms with Crippen LogP contribution in [0, 0.1) is 0 Å². The molecule has 0 radical (unpaired) electrons. The number of anilines is 2. The second-order valence-electron chi connectivity index (χ2n) is 3.98. The van der Waals surface area contributed by atoms with Gasteiger partial charge >= 0.3 is 6.03 Å².